The Hall–Kier alpha value is -0.0400. The smallest absolute Gasteiger partial charge is 0.00412 e. The summed E-state index contributed by atoms with van der Waals surface area (Å²) in [7, 11) is 0. The van der Waals surface area contributed by atoms with Gasteiger partial charge in [-0.2, -0.15) is 0 Å². The summed E-state index contributed by atoms with van der Waals surface area (Å²) >= 11 is 0. The van der Waals surface area contributed by atoms with Crippen molar-refractivity contribution in [3.8, 4) is 0 Å². The molecular weight excluding hydrogens is 254 g/mol. The van der Waals surface area contributed by atoms with Gasteiger partial charge in [0, 0.05) is 12.6 Å². The van der Waals surface area contributed by atoms with Crippen molar-refractivity contribution >= 4 is 0 Å². The van der Waals surface area contributed by atoms with Gasteiger partial charge in [0.1, 0.15) is 0 Å². The van der Waals surface area contributed by atoms with Crippen molar-refractivity contribution < 1.29 is 0 Å². The number of nitrogens with zero attached hydrogens (tertiary/aromatic N) is 1. The van der Waals surface area contributed by atoms with E-state index in [-0.39, 0.29) is 0 Å². The van der Waals surface area contributed by atoms with E-state index in [0.717, 1.165) is 12.0 Å². The largest absolute Gasteiger partial charge is 0.300 e. The van der Waals surface area contributed by atoms with E-state index in [1.165, 1.54) is 51.6 Å². The molecule has 1 saturated heterocycles. The standard InChI is InChI=1S/C20H39N/c1-8-18(4,5)19(6,7)17-9-11-20(12-10-17)13-14-21(15-20)16(2)3/h16-17H,8-15H2,1-7H3. The van der Waals surface area contributed by atoms with Crippen LogP contribution in [0.5, 0.6) is 0 Å². The van der Waals surface area contributed by atoms with Crippen molar-refractivity contribution in [2.75, 3.05) is 13.1 Å². The van der Waals surface area contributed by atoms with Crippen LogP contribution < -0.4 is 0 Å². The first-order chi connectivity index (χ1) is 9.63. The molecule has 0 aromatic heterocycles. The molecule has 1 aliphatic carbocycles. The minimum Gasteiger partial charge on any atom is -0.300 e. The Labute approximate surface area is 133 Å². The molecule has 1 heteroatoms. The van der Waals surface area contributed by atoms with E-state index in [2.05, 4.69) is 53.4 Å². The summed E-state index contributed by atoms with van der Waals surface area (Å²) < 4.78 is 0. The van der Waals surface area contributed by atoms with Gasteiger partial charge in [0.2, 0.25) is 0 Å². The van der Waals surface area contributed by atoms with Crippen molar-refractivity contribution in [3.63, 3.8) is 0 Å². The van der Waals surface area contributed by atoms with E-state index in [4.69, 9.17) is 0 Å². The van der Waals surface area contributed by atoms with Gasteiger partial charge in [0.15, 0.2) is 0 Å². The summed E-state index contributed by atoms with van der Waals surface area (Å²) in [5.74, 6) is 0.922. The molecule has 124 valence electrons. The first-order valence-electron chi connectivity index (χ1n) is 9.38. The molecule has 2 aliphatic rings. The zero-order valence-corrected chi connectivity index (χ0v) is 15.8. The molecule has 0 aromatic rings. The molecule has 1 aliphatic heterocycles. The maximum Gasteiger partial charge on any atom is 0.00412 e. The maximum atomic E-state index is 2.71. The lowest BCUT2D eigenvalue weighted by Gasteiger charge is -2.51. The van der Waals surface area contributed by atoms with Crippen molar-refractivity contribution in [3.05, 3.63) is 0 Å². The Balaban J connectivity index is 1.98. The molecule has 0 bridgehead atoms. The molecule has 1 spiro atoms. The molecule has 0 amide bonds. The van der Waals surface area contributed by atoms with Crippen molar-refractivity contribution in [2.24, 2.45) is 22.2 Å². The molecule has 0 atom stereocenters. The summed E-state index contributed by atoms with van der Waals surface area (Å²) in [6.45, 7) is 19.8. The van der Waals surface area contributed by atoms with Crippen LogP contribution in [0.3, 0.4) is 0 Å². The van der Waals surface area contributed by atoms with Crippen LogP contribution in [0.4, 0.5) is 0 Å². The number of rotatable bonds is 4. The average Bonchev–Trinajstić information content (AvgIpc) is 2.83. The Kier molecular flexibility index (Phi) is 4.84. The van der Waals surface area contributed by atoms with E-state index < -0.39 is 0 Å². The third-order valence-corrected chi connectivity index (χ3v) is 7.89. The van der Waals surface area contributed by atoms with Gasteiger partial charge >= 0.3 is 0 Å². The molecule has 0 aromatic carbocycles. The third kappa shape index (κ3) is 3.19. The van der Waals surface area contributed by atoms with Gasteiger partial charge < -0.3 is 4.90 Å². The van der Waals surface area contributed by atoms with Gasteiger partial charge in [-0.15, -0.1) is 0 Å². The molecule has 0 radical (unpaired) electrons. The van der Waals surface area contributed by atoms with Crippen molar-refractivity contribution in [1.82, 2.24) is 4.90 Å². The van der Waals surface area contributed by atoms with Crippen LogP contribution in [0.2, 0.25) is 0 Å². The fourth-order valence-corrected chi connectivity index (χ4v) is 4.78. The summed E-state index contributed by atoms with van der Waals surface area (Å²) in [4.78, 5) is 2.71. The molecule has 0 N–H and O–H groups in total. The Morgan fingerprint density at radius 3 is 2.05 bits per heavy atom. The highest BCUT2D eigenvalue weighted by Gasteiger charge is 2.47. The van der Waals surface area contributed by atoms with Crippen LogP contribution >= 0.6 is 0 Å². The third-order valence-electron chi connectivity index (χ3n) is 7.89. The SMILES string of the molecule is CCC(C)(C)C(C)(C)C1CCC2(CC1)CCN(C(C)C)C2. The minimum atomic E-state index is 0.460. The highest BCUT2D eigenvalue weighted by molar-refractivity contribution is 4.99. The Morgan fingerprint density at radius 2 is 1.62 bits per heavy atom. The highest BCUT2D eigenvalue weighted by Crippen LogP contribution is 2.55. The van der Waals surface area contributed by atoms with Crippen LogP contribution in [0.15, 0.2) is 0 Å². The fraction of sp³-hybridized carbons (Fsp3) is 1.00. The average molecular weight is 294 g/mol. The quantitative estimate of drug-likeness (QED) is 0.639. The number of likely N-dealkylation sites (tertiary alicyclic amines) is 1. The molecule has 0 unspecified atom stereocenters. The van der Waals surface area contributed by atoms with E-state index in [1.54, 1.807) is 0 Å². The zero-order chi connectivity index (χ0) is 15.9. The van der Waals surface area contributed by atoms with Crippen molar-refractivity contribution in [2.45, 2.75) is 93.0 Å². The van der Waals surface area contributed by atoms with E-state index in [9.17, 15) is 0 Å². The summed E-state index contributed by atoms with van der Waals surface area (Å²) in [6.07, 6.45) is 8.62. The predicted octanol–water partition coefficient (Wildman–Crippen LogP) is 5.74. The van der Waals surface area contributed by atoms with E-state index >= 15 is 0 Å². The van der Waals surface area contributed by atoms with E-state index in [0.29, 0.717) is 16.2 Å². The Morgan fingerprint density at radius 1 is 1.05 bits per heavy atom. The molecule has 1 nitrogen and oxygen atoms in total. The zero-order valence-electron chi connectivity index (χ0n) is 15.8. The van der Waals surface area contributed by atoms with Crippen LogP contribution in [-0.4, -0.2) is 24.0 Å². The van der Waals surface area contributed by atoms with Gasteiger partial charge in [0.05, 0.1) is 0 Å². The van der Waals surface area contributed by atoms with E-state index in [1.807, 2.05) is 0 Å². The Bertz CT molecular complexity index is 345. The lowest BCUT2D eigenvalue weighted by molar-refractivity contribution is -0.00771. The number of hydrogen-bond acceptors (Lipinski definition) is 1. The van der Waals surface area contributed by atoms with Gasteiger partial charge in [-0.25, -0.2) is 0 Å². The summed E-state index contributed by atoms with van der Waals surface area (Å²) in [5.41, 5.74) is 1.61. The maximum absolute atomic E-state index is 2.71. The minimum absolute atomic E-state index is 0.460. The summed E-state index contributed by atoms with van der Waals surface area (Å²) in [6, 6.07) is 0.734. The molecule has 21 heavy (non-hydrogen) atoms. The monoisotopic (exact) mass is 293 g/mol. The second-order valence-corrected chi connectivity index (χ2v) is 9.55. The van der Waals surface area contributed by atoms with Crippen molar-refractivity contribution in [1.29, 1.82) is 0 Å². The first kappa shape index (κ1) is 17.3. The normalized spacial score (nSPS) is 32.3. The first-order valence-corrected chi connectivity index (χ1v) is 9.38. The van der Waals surface area contributed by atoms with Gasteiger partial charge in [0.25, 0.3) is 0 Å². The molecule has 1 saturated carbocycles. The number of hydrogen-bond donors (Lipinski definition) is 0. The summed E-state index contributed by atoms with van der Waals surface area (Å²) in [5, 5.41) is 0. The fourth-order valence-electron chi connectivity index (χ4n) is 4.78. The van der Waals surface area contributed by atoms with Gasteiger partial charge in [-0.3, -0.25) is 0 Å². The molecule has 2 fully saturated rings. The van der Waals surface area contributed by atoms with Gasteiger partial charge in [-0.1, -0.05) is 41.0 Å². The molecule has 1 heterocycles. The molecule has 2 rings (SSSR count). The second kappa shape index (κ2) is 5.87. The van der Waals surface area contributed by atoms with Gasteiger partial charge in [-0.05, 0) is 74.7 Å². The van der Waals surface area contributed by atoms with Crippen LogP contribution in [0.1, 0.15) is 87.0 Å². The lowest BCUT2D eigenvalue weighted by atomic mass is 9.54. The van der Waals surface area contributed by atoms with Crippen LogP contribution in [0.25, 0.3) is 0 Å². The van der Waals surface area contributed by atoms with Crippen LogP contribution in [0, 0.1) is 22.2 Å². The second-order valence-electron chi connectivity index (χ2n) is 9.55. The van der Waals surface area contributed by atoms with Crippen LogP contribution in [-0.2, 0) is 0 Å². The predicted molar refractivity (Wildman–Crippen MR) is 93.6 cm³/mol. The molecular formula is C20H39N. The lowest BCUT2D eigenvalue weighted by Crippen LogP contribution is -2.43. The topological polar surface area (TPSA) is 3.24 Å². The highest BCUT2D eigenvalue weighted by atomic mass is 15.2.